The van der Waals surface area contributed by atoms with E-state index in [4.69, 9.17) is 0 Å². The summed E-state index contributed by atoms with van der Waals surface area (Å²) in [7, 11) is 0. The van der Waals surface area contributed by atoms with E-state index < -0.39 is 0 Å². The van der Waals surface area contributed by atoms with Crippen molar-refractivity contribution in [3.63, 3.8) is 0 Å². The third-order valence-electron chi connectivity index (χ3n) is 3.34. The van der Waals surface area contributed by atoms with Crippen LogP contribution in [-0.4, -0.2) is 35.1 Å². The summed E-state index contributed by atoms with van der Waals surface area (Å²) < 4.78 is 0. The van der Waals surface area contributed by atoms with Crippen LogP contribution in [0.1, 0.15) is 37.9 Å². The first-order valence-corrected chi connectivity index (χ1v) is 7.69. The van der Waals surface area contributed by atoms with Gasteiger partial charge in [-0.2, -0.15) is 0 Å². The summed E-state index contributed by atoms with van der Waals surface area (Å²) in [6.45, 7) is 13.4. The second kappa shape index (κ2) is 5.68. The maximum Gasteiger partial charge on any atom is 0.0897 e. The Morgan fingerprint density at radius 3 is 2.89 bits per heavy atom. The van der Waals surface area contributed by atoms with Gasteiger partial charge in [0.05, 0.1) is 10.7 Å². The van der Waals surface area contributed by atoms with Gasteiger partial charge in [-0.05, 0) is 53.1 Å². The summed E-state index contributed by atoms with van der Waals surface area (Å²) in [5.41, 5.74) is 1.47. The Kier molecular flexibility index (Phi) is 4.41. The smallest absolute Gasteiger partial charge is 0.0897 e. The molecular formula is C14H25N3S. The van der Waals surface area contributed by atoms with Gasteiger partial charge in [0.2, 0.25) is 0 Å². The molecule has 1 saturated heterocycles. The predicted molar refractivity (Wildman–Crippen MR) is 78.0 cm³/mol. The molecule has 0 aliphatic carbocycles. The monoisotopic (exact) mass is 267 g/mol. The molecule has 0 bridgehead atoms. The Hall–Kier alpha value is -0.450. The van der Waals surface area contributed by atoms with Gasteiger partial charge in [0.15, 0.2) is 0 Å². The molecule has 1 aliphatic heterocycles. The van der Waals surface area contributed by atoms with Crippen molar-refractivity contribution in [2.75, 3.05) is 19.6 Å². The highest BCUT2D eigenvalue weighted by molar-refractivity contribution is 7.09. The van der Waals surface area contributed by atoms with E-state index in [1.807, 2.05) is 0 Å². The molecule has 1 atom stereocenters. The lowest BCUT2D eigenvalue weighted by Gasteiger charge is -2.23. The van der Waals surface area contributed by atoms with Gasteiger partial charge >= 0.3 is 0 Å². The van der Waals surface area contributed by atoms with E-state index in [-0.39, 0.29) is 5.54 Å². The first-order chi connectivity index (χ1) is 8.42. The average molecular weight is 267 g/mol. The van der Waals surface area contributed by atoms with Crippen LogP contribution in [0.5, 0.6) is 0 Å². The van der Waals surface area contributed by atoms with Gasteiger partial charge < -0.3 is 5.32 Å². The van der Waals surface area contributed by atoms with E-state index in [1.165, 1.54) is 30.2 Å². The minimum atomic E-state index is 0.236. The Morgan fingerprint density at radius 2 is 2.28 bits per heavy atom. The first-order valence-electron chi connectivity index (χ1n) is 6.81. The third-order valence-corrected chi connectivity index (χ3v) is 4.17. The Morgan fingerprint density at radius 1 is 1.50 bits per heavy atom. The highest BCUT2D eigenvalue weighted by atomic mass is 32.1. The highest BCUT2D eigenvalue weighted by Gasteiger charge is 2.24. The van der Waals surface area contributed by atoms with Gasteiger partial charge in [-0.1, -0.05) is 0 Å². The number of aryl methyl sites for hydroxylation is 1. The van der Waals surface area contributed by atoms with E-state index in [0.29, 0.717) is 0 Å². The molecule has 0 aromatic carbocycles. The standard InChI is InChI=1S/C14H25N3S/c1-11-16-13(10-18-11)9-17-6-5-12(8-17)7-15-14(2,3)4/h10,12,15H,5-9H2,1-4H3. The lowest BCUT2D eigenvalue weighted by molar-refractivity contribution is 0.302. The van der Waals surface area contributed by atoms with Gasteiger partial charge in [-0.3, -0.25) is 4.90 Å². The Bertz CT molecular complexity index is 381. The highest BCUT2D eigenvalue weighted by Crippen LogP contribution is 2.19. The average Bonchev–Trinajstić information content (AvgIpc) is 2.85. The largest absolute Gasteiger partial charge is 0.312 e. The first kappa shape index (κ1) is 14.0. The fourth-order valence-corrected chi connectivity index (χ4v) is 2.99. The molecule has 102 valence electrons. The number of thiazole rings is 1. The number of aromatic nitrogens is 1. The zero-order chi connectivity index (χ0) is 13.2. The molecule has 4 heteroatoms. The summed E-state index contributed by atoms with van der Waals surface area (Å²) in [6.07, 6.45) is 1.31. The van der Waals surface area contributed by atoms with E-state index in [0.717, 1.165) is 19.0 Å². The molecule has 2 heterocycles. The number of nitrogens with zero attached hydrogens (tertiary/aromatic N) is 2. The normalized spacial score (nSPS) is 21.7. The van der Waals surface area contributed by atoms with Crippen LogP contribution >= 0.6 is 11.3 Å². The zero-order valence-electron chi connectivity index (χ0n) is 12.0. The van der Waals surface area contributed by atoms with Crippen molar-refractivity contribution < 1.29 is 0 Å². The lowest BCUT2D eigenvalue weighted by atomic mass is 10.1. The molecule has 0 saturated carbocycles. The van der Waals surface area contributed by atoms with Crippen LogP contribution in [-0.2, 0) is 6.54 Å². The van der Waals surface area contributed by atoms with Crippen molar-refractivity contribution in [2.45, 2.75) is 46.2 Å². The minimum Gasteiger partial charge on any atom is -0.312 e. The van der Waals surface area contributed by atoms with Crippen LogP contribution in [0.2, 0.25) is 0 Å². The molecule has 3 nitrogen and oxygen atoms in total. The molecule has 1 fully saturated rings. The molecule has 1 unspecified atom stereocenters. The second-order valence-corrected chi connectivity index (χ2v) is 7.44. The molecule has 1 N–H and O–H groups in total. The molecule has 0 amide bonds. The van der Waals surface area contributed by atoms with Crippen molar-refractivity contribution >= 4 is 11.3 Å². The Balaban J connectivity index is 1.75. The number of hydrogen-bond acceptors (Lipinski definition) is 4. The van der Waals surface area contributed by atoms with Crippen LogP contribution in [0.3, 0.4) is 0 Å². The topological polar surface area (TPSA) is 28.2 Å². The van der Waals surface area contributed by atoms with E-state index in [9.17, 15) is 0 Å². The maximum atomic E-state index is 4.55. The summed E-state index contributed by atoms with van der Waals surface area (Å²) in [6, 6.07) is 0. The van der Waals surface area contributed by atoms with Crippen LogP contribution in [0.15, 0.2) is 5.38 Å². The van der Waals surface area contributed by atoms with Crippen molar-refractivity contribution in [3.8, 4) is 0 Å². The van der Waals surface area contributed by atoms with Crippen molar-refractivity contribution in [1.29, 1.82) is 0 Å². The Labute approximate surface area is 115 Å². The summed E-state index contributed by atoms with van der Waals surface area (Å²) in [5, 5.41) is 6.98. The van der Waals surface area contributed by atoms with E-state index >= 15 is 0 Å². The van der Waals surface area contributed by atoms with Gasteiger partial charge in [-0.25, -0.2) is 4.98 Å². The molecule has 1 aromatic heterocycles. The van der Waals surface area contributed by atoms with E-state index in [1.54, 1.807) is 11.3 Å². The van der Waals surface area contributed by atoms with Gasteiger partial charge in [0, 0.05) is 24.0 Å². The minimum absolute atomic E-state index is 0.236. The summed E-state index contributed by atoms with van der Waals surface area (Å²) >= 11 is 1.75. The van der Waals surface area contributed by atoms with Crippen LogP contribution in [0, 0.1) is 12.8 Å². The molecule has 2 rings (SSSR count). The molecule has 0 spiro atoms. The molecule has 1 aliphatic rings. The lowest BCUT2D eigenvalue weighted by Crippen LogP contribution is -2.39. The molecule has 0 radical (unpaired) electrons. The molecule has 18 heavy (non-hydrogen) atoms. The van der Waals surface area contributed by atoms with Crippen molar-refractivity contribution in [1.82, 2.24) is 15.2 Å². The molecule has 1 aromatic rings. The van der Waals surface area contributed by atoms with Crippen LogP contribution in [0.25, 0.3) is 0 Å². The van der Waals surface area contributed by atoms with Crippen molar-refractivity contribution in [3.05, 3.63) is 16.1 Å². The number of nitrogens with one attached hydrogen (secondary N) is 1. The van der Waals surface area contributed by atoms with Gasteiger partial charge in [0.25, 0.3) is 0 Å². The zero-order valence-corrected chi connectivity index (χ0v) is 12.8. The number of hydrogen-bond donors (Lipinski definition) is 1. The predicted octanol–water partition coefficient (Wildman–Crippen LogP) is 2.66. The fourth-order valence-electron chi connectivity index (χ4n) is 2.38. The second-order valence-electron chi connectivity index (χ2n) is 6.38. The maximum absolute atomic E-state index is 4.55. The quantitative estimate of drug-likeness (QED) is 0.909. The summed E-state index contributed by atoms with van der Waals surface area (Å²) in [4.78, 5) is 7.08. The van der Waals surface area contributed by atoms with E-state index in [2.05, 4.69) is 48.3 Å². The fraction of sp³-hybridized carbons (Fsp3) is 0.786. The van der Waals surface area contributed by atoms with Crippen molar-refractivity contribution in [2.24, 2.45) is 5.92 Å². The molecular weight excluding hydrogens is 242 g/mol. The SMILES string of the molecule is Cc1nc(CN2CCC(CNC(C)(C)C)C2)cs1. The number of rotatable bonds is 4. The third kappa shape index (κ3) is 4.34. The van der Waals surface area contributed by atoms with Gasteiger partial charge in [0.1, 0.15) is 0 Å². The van der Waals surface area contributed by atoms with Crippen LogP contribution in [0.4, 0.5) is 0 Å². The van der Waals surface area contributed by atoms with Crippen LogP contribution < -0.4 is 5.32 Å². The van der Waals surface area contributed by atoms with Gasteiger partial charge in [-0.15, -0.1) is 11.3 Å². The summed E-state index contributed by atoms with van der Waals surface area (Å²) in [5.74, 6) is 0.795. The number of likely N-dealkylation sites (tertiary alicyclic amines) is 1.